The summed E-state index contributed by atoms with van der Waals surface area (Å²) in [5, 5.41) is 12.3. The van der Waals surface area contributed by atoms with E-state index in [2.05, 4.69) is 27.3 Å². The van der Waals surface area contributed by atoms with E-state index < -0.39 is 0 Å². The summed E-state index contributed by atoms with van der Waals surface area (Å²) in [7, 11) is 0. The van der Waals surface area contributed by atoms with Crippen molar-refractivity contribution in [2.45, 2.75) is 13.5 Å². The van der Waals surface area contributed by atoms with Crippen LogP contribution in [0.3, 0.4) is 0 Å². The lowest BCUT2D eigenvalue weighted by atomic mass is 10.1. The summed E-state index contributed by atoms with van der Waals surface area (Å²) in [5.74, 6) is -0.273. The first kappa shape index (κ1) is 13.6. The zero-order valence-electron chi connectivity index (χ0n) is 10.4. The Morgan fingerprint density at radius 2 is 2.11 bits per heavy atom. The first-order chi connectivity index (χ1) is 9.11. The van der Waals surface area contributed by atoms with Crippen molar-refractivity contribution in [2.24, 2.45) is 0 Å². The number of anilines is 1. The molecule has 0 atom stereocenters. The number of nitriles is 1. The molecule has 2 rings (SSSR count). The lowest BCUT2D eigenvalue weighted by molar-refractivity contribution is 0.625. The SMILES string of the molecule is Cc1cccc(C#N)c1NCc1cc(F)ccc1Br. The second-order valence-corrected chi connectivity index (χ2v) is 5.05. The molecule has 2 aromatic carbocycles. The van der Waals surface area contributed by atoms with E-state index in [0.717, 1.165) is 21.3 Å². The Hall–Kier alpha value is -1.86. The number of benzene rings is 2. The molecule has 0 saturated carbocycles. The number of para-hydroxylation sites is 1. The zero-order valence-corrected chi connectivity index (χ0v) is 12.0. The fraction of sp³-hybridized carbons (Fsp3) is 0.133. The summed E-state index contributed by atoms with van der Waals surface area (Å²) >= 11 is 3.39. The number of hydrogen-bond donors (Lipinski definition) is 1. The fourth-order valence-corrected chi connectivity index (χ4v) is 2.24. The van der Waals surface area contributed by atoms with Gasteiger partial charge < -0.3 is 5.32 Å². The van der Waals surface area contributed by atoms with Gasteiger partial charge >= 0.3 is 0 Å². The lowest BCUT2D eigenvalue weighted by Crippen LogP contribution is -2.04. The van der Waals surface area contributed by atoms with Crippen LogP contribution in [0.5, 0.6) is 0 Å². The first-order valence-corrected chi connectivity index (χ1v) is 6.58. The number of nitrogens with zero attached hydrogens (tertiary/aromatic N) is 1. The zero-order chi connectivity index (χ0) is 13.8. The van der Waals surface area contributed by atoms with Crippen molar-refractivity contribution < 1.29 is 4.39 Å². The molecule has 96 valence electrons. The second kappa shape index (κ2) is 5.85. The van der Waals surface area contributed by atoms with Crippen LogP contribution in [0.15, 0.2) is 40.9 Å². The highest BCUT2D eigenvalue weighted by Crippen LogP contribution is 2.23. The summed E-state index contributed by atoms with van der Waals surface area (Å²) in [6.07, 6.45) is 0. The predicted octanol–water partition coefficient (Wildman–Crippen LogP) is 4.38. The highest BCUT2D eigenvalue weighted by Gasteiger charge is 2.06. The average molecular weight is 319 g/mol. The van der Waals surface area contributed by atoms with Crippen LogP contribution >= 0.6 is 15.9 Å². The molecule has 1 N–H and O–H groups in total. The number of nitrogens with one attached hydrogen (secondary N) is 1. The third-order valence-corrected chi connectivity index (χ3v) is 3.63. The van der Waals surface area contributed by atoms with Crippen LogP contribution in [0.25, 0.3) is 0 Å². The molecule has 0 bridgehead atoms. The molecular formula is C15H12BrFN2. The fourth-order valence-electron chi connectivity index (χ4n) is 1.86. The molecule has 19 heavy (non-hydrogen) atoms. The maximum absolute atomic E-state index is 13.2. The van der Waals surface area contributed by atoms with Crippen LogP contribution < -0.4 is 5.32 Å². The molecule has 0 aliphatic rings. The van der Waals surface area contributed by atoms with Gasteiger partial charge in [-0.2, -0.15) is 5.26 Å². The van der Waals surface area contributed by atoms with Crippen molar-refractivity contribution in [3.63, 3.8) is 0 Å². The van der Waals surface area contributed by atoms with Crippen molar-refractivity contribution in [2.75, 3.05) is 5.32 Å². The van der Waals surface area contributed by atoms with E-state index in [-0.39, 0.29) is 5.82 Å². The predicted molar refractivity (Wildman–Crippen MR) is 77.3 cm³/mol. The monoisotopic (exact) mass is 318 g/mol. The summed E-state index contributed by atoms with van der Waals surface area (Å²) in [4.78, 5) is 0. The summed E-state index contributed by atoms with van der Waals surface area (Å²) in [5.41, 5.74) is 3.19. The molecule has 0 amide bonds. The lowest BCUT2D eigenvalue weighted by Gasteiger charge is -2.12. The largest absolute Gasteiger partial charge is 0.380 e. The minimum atomic E-state index is -0.273. The number of halogens is 2. The van der Waals surface area contributed by atoms with E-state index in [4.69, 9.17) is 5.26 Å². The molecule has 0 fully saturated rings. The summed E-state index contributed by atoms with van der Waals surface area (Å²) < 4.78 is 14.0. The number of aryl methyl sites for hydroxylation is 1. The van der Waals surface area contributed by atoms with E-state index in [0.29, 0.717) is 12.1 Å². The van der Waals surface area contributed by atoms with Crippen LogP contribution in [0, 0.1) is 24.1 Å². The Labute approximate surface area is 120 Å². The van der Waals surface area contributed by atoms with Crippen LogP contribution in [0.2, 0.25) is 0 Å². The molecular weight excluding hydrogens is 307 g/mol. The minimum absolute atomic E-state index is 0.273. The summed E-state index contributed by atoms with van der Waals surface area (Å²) in [6.45, 7) is 2.39. The average Bonchev–Trinajstić information content (AvgIpc) is 2.40. The maximum atomic E-state index is 13.2. The van der Waals surface area contributed by atoms with Crippen molar-refractivity contribution in [3.05, 3.63) is 63.4 Å². The quantitative estimate of drug-likeness (QED) is 0.911. The van der Waals surface area contributed by atoms with Crippen LogP contribution in [-0.4, -0.2) is 0 Å². The molecule has 0 heterocycles. The molecule has 0 spiro atoms. The second-order valence-electron chi connectivity index (χ2n) is 4.20. The third kappa shape index (κ3) is 3.12. The number of hydrogen-bond acceptors (Lipinski definition) is 2. The van der Waals surface area contributed by atoms with Gasteiger partial charge in [-0.25, -0.2) is 4.39 Å². The van der Waals surface area contributed by atoms with Crippen molar-refractivity contribution in [1.29, 1.82) is 5.26 Å². The van der Waals surface area contributed by atoms with Gasteiger partial charge in [-0.15, -0.1) is 0 Å². The van der Waals surface area contributed by atoms with Gasteiger partial charge in [0.15, 0.2) is 0 Å². The molecule has 0 aliphatic carbocycles. The van der Waals surface area contributed by atoms with Gasteiger partial charge in [0, 0.05) is 11.0 Å². The molecule has 0 aromatic heterocycles. The van der Waals surface area contributed by atoms with Crippen LogP contribution in [0.4, 0.5) is 10.1 Å². The highest BCUT2D eigenvalue weighted by atomic mass is 79.9. The first-order valence-electron chi connectivity index (χ1n) is 5.79. The van der Waals surface area contributed by atoms with E-state index in [1.165, 1.54) is 12.1 Å². The van der Waals surface area contributed by atoms with Gasteiger partial charge in [-0.05, 0) is 42.3 Å². The smallest absolute Gasteiger partial charge is 0.123 e. The highest BCUT2D eigenvalue weighted by molar-refractivity contribution is 9.10. The van der Waals surface area contributed by atoms with E-state index in [1.54, 1.807) is 12.1 Å². The van der Waals surface area contributed by atoms with Gasteiger partial charge in [0.25, 0.3) is 0 Å². The number of rotatable bonds is 3. The van der Waals surface area contributed by atoms with Crippen molar-refractivity contribution >= 4 is 21.6 Å². The van der Waals surface area contributed by atoms with Gasteiger partial charge in [-0.1, -0.05) is 28.1 Å². The summed E-state index contributed by atoms with van der Waals surface area (Å²) in [6, 6.07) is 12.2. The normalized spacial score (nSPS) is 10.0. The van der Waals surface area contributed by atoms with E-state index in [9.17, 15) is 4.39 Å². The Bertz CT molecular complexity index is 647. The molecule has 0 aliphatic heterocycles. The molecule has 2 aromatic rings. The van der Waals surface area contributed by atoms with Crippen molar-refractivity contribution in [1.82, 2.24) is 0 Å². The van der Waals surface area contributed by atoms with E-state index in [1.807, 2.05) is 19.1 Å². The topological polar surface area (TPSA) is 35.8 Å². The maximum Gasteiger partial charge on any atom is 0.123 e. The van der Waals surface area contributed by atoms with Crippen LogP contribution in [0.1, 0.15) is 16.7 Å². The molecule has 0 saturated heterocycles. The molecule has 4 heteroatoms. The van der Waals surface area contributed by atoms with Gasteiger partial charge in [0.2, 0.25) is 0 Å². The Kier molecular flexibility index (Phi) is 4.18. The molecule has 0 radical (unpaired) electrons. The minimum Gasteiger partial charge on any atom is -0.380 e. The third-order valence-electron chi connectivity index (χ3n) is 2.86. The Morgan fingerprint density at radius 1 is 1.32 bits per heavy atom. The Balaban J connectivity index is 2.24. The molecule has 2 nitrogen and oxygen atoms in total. The van der Waals surface area contributed by atoms with Crippen molar-refractivity contribution in [3.8, 4) is 6.07 Å². The van der Waals surface area contributed by atoms with Gasteiger partial charge in [0.1, 0.15) is 11.9 Å². The standard InChI is InChI=1S/C15H12BrFN2/c1-10-3-2-4-11(8-18)15(10)19-9-12-7-13(17)5-6-14(12)16/h2-7,19H,9H2,1H3. The molecule has 0 unspecified atom stereocenters. The van der Waals surface area contributed by atoms with Gasteiger partial charge in [-0.3, -0.25) is 0 Å². The Morgan fingerprint density at radius 3 is 2.84 bits per heavy atom. The van der Waals surface area contributed by atoms with E-state index >= 15 is 0 Å². The van der Waals surface area contributed by atoms with Crippen LogP contribution in [-0.2, 0) is 6.54 Å². The van der Waals surface area contributed by atoms with Gasteiger partial charge in [0.05, 0.1) is 11.3 Å².